The lowest BCUT2D eigenvalue weighted by Crippen LogP contribution is -2.58. The van der Waals surface area contributed by atoms with Crippen LogP contribution in [0.3, 0.4) is 0 Å². The SMILES string of the molecule is COc1cc2c(cc1OC)[C@@H](Cc1ccc(O)c(Oc3cc4c(cc3OC)CCN(C)[C@@H]4Cc3ccc(O)cc3)c1)N(C)CC2.[O-][Cl+3]([O-])([O-])O. The van der Waals surface area contributed by atoms with Crippen molar-refractivity contribution in [3.05, 3.63) is 100 Å². The summed E-state index contributed by atoms with van der Waals surface area (Å²) in [6.07, 6.45) is 3.37. The Morgan fingerprint density at radius 2 is 1.08 bits per heavy atom. The minimum Gasteiger partial charge on any atom is -0.508 e. The molecule has 0 saturated heterocycles. The number of ether oxygens (including phenoxy) is 4. The normalized spacial score (nSPS) is 17.5. The number of hydrogen-bond acceptors (Lipinski definition) is 12. The van der Waals surface area contributed by atoms with Gasteiger partial charge in [-0.05, 0) is 122 Å². The number of aromatic hydroxyl groups is 2. The second-order valence-corrected chi connectivity index (χ2v) is 13.3. The summed E-state index contributed by atoms with van der Waals surface area (Å²) in [5.74, 6) is 3.38. The highest BCUT2D eigenvalue weighted by molar-refractivity contribution is 5.54. The van der Waals surface area contributed by atoms with Crippen molar-refractivity contribution in [2.45, 2.75) is 37.8 Å². The molecule has 0 radical (unpaired) electrons. The molecule has 268 valence electrons. The first-order valence-electron chi connectivity index (χ1n) is 16.0. The van der Waals surface area contributed by atoms with E-state index in [1.807, 2.05) is 24.3 Å². The second-order valence-electron chi connectivity index (χ2n) is 12.5. The van der Waals surface area contributed by atoms with Crippen molar-refractivity contribution in [3.63, 3.8) is 0 Å². The van der Waals surface area contributed by atoms with Crippen molar-refractivity contribution in [3.8, 4) is 40.2 Å². The molecule has 0 aliphatic carbocycles. The molecule has 2 aliphatic rings. The van der Waals surface area contributed by atoms with Crippen LogP contribution in [0.2, 0.25) is 0 Å². The van der Waals surface area contributed by atoms with Crippen LogP contribution in [0.1, 0.15) is 45.5 Å². The van der Waals surface area contributed by atoms with E-state index in [-0.39, 0.29) is 23.6 Å². The molecule has 0 aromatic heterocycles. The van der Waals surface area contributed by atoms with Crippen molar-refractivity contribution >= 4 is 0 Å². The van der Waals surface area contributed by atoms with Crippen LogP contribution in [0.5, 0.6) is 40.2 Å². The largest absolute Gasteiger partial charge is 0.508 e. The predicted molar refractivity (Wildman–Crippen MR) is 177 cm³/mol. The number of methoxy groups -OCH3 is 3. The van der Waals surface area contributed by atoms with Gasteiger partial charge in [-0.3, -0.25) is 9.80 Å². The molecule has 0 unspecified atom stereocenters. The summed E-state index contributed by atoms with van der Waals surface area (Å²) in [7, 11) is 4.57. The molecule has 2 heterocycles. The van der Waals surface area contributed by atoms with Crippen LogP contribution in [-0.4, -0.2) is 73.2 Å². The van der Waals surface area contributed by atoms with E-state index < -0.39 is 10.2 Å². The van der Waals surface area contributed by atoms with Gasteiger partial charge in [0, 0.05) is 25.2 Å². The molecular weight excluding hydrogens is 668 g/mol. The van der Waals surface area contributed by atoms with Gasteiger partial charge in [0.1, 0.15) is 5.75 Å². The van der Waals surface area contributed by atoms with Crippen molar-refractivity contribution in [2.24, 2.45) is 0 Å². The zero-order valence-electron chi connectivity index (χ0n) is 28.7. The highest BCUT2D eigenvalue weighted by atomic mass is 35.7. The van der Waals surface area contributed by atoms with Gasteiger partial charge in [0.15, 0.2) is 34.5 Å². The van der Waals surface area contributed by atoms with Gasteiger partial charge >= 0.3 is 0 Å². The van der Waals surface area contributed by atoms with E-state index in [1.165, 1.54) is 22.3 Å². The standard InChI is InChI=1S/C37H42N2O6.ClHO4/c1-38-14-13-26-20-35(43-4)37(22-29(26)30(38)16-23-6-9-27(40)10-7-23)45-33-18-24(8-11-32(33)41)17-31-28-21-36(44-5)34(42-3)19-25(28)12-15-39(31)2;2-1(3,4)5/h6-11,18-22,30-31,40-41H,12-17H2,1-5H3;(H,2,3,4,5)/t30-,31-;/m1./s1. The van der Waals surface area contributed by atoms with Crippen LogP contribution in [0.25, 0.3) is 0 Å². The van der Waals surface area contributed by atoms with Gasteiger partial charge in [0.2, 0.25) is 0 Å². The van der Waals surface area contributed by atoms with Gasteiger partial charge in [0.25, 0.3) is 0 Å². The van der Waals surface area contributed by atoms with Crippen molar-refractivity contribution in [1.29, 1.82) is 0 Å². The maximum atomic E-state index is 10.9. The zero-order chi connectivity index (χ0) is 36.2. The molecule has 0 bridgehead atoms. The molecule has 2 atom stereocenters. The number of hydrogen-bond donors (Lipinski definition) is 3. The molecule has 2 aliphatic heterocycles. The van der Waals surface area contributed by atoms with Crippen molar-refractivity contribution in [1.82, 2.24) is 9.80 Å². The van der Waals surface area contributed by atoms with Crippen molar-refractivity contribution < 1.29 is 58.0 Å². The van der Waals surface area contributed by atoms with Crippen LogP contribution in [0, 0.1) is 10.2 Å². The second kappa shape index (κ2) is 15.7. The minimum atomic E-state index is -4.69. The van der Waals surface area contributed by atoms with Crippen molar-refractivity contribution in [2.75, 3.05) is 48.5 Å². The van der Waals surface area contributed by atoms with E-state index in [9.17, 15) is 10.2 Å². The summed E-state index contributed by atoms with van der Waals surface area (Å²) in [6.45, 7) is 1.86. The molecular formula is C37H43ClN2O10. The van der Waals surface area contributed by atoms with Gasteiger partial charge in [-0.25, -0.2) is 0 Å². The number of phenolic OH excluding ortho intramolecular Hbond substituents is 2. The third kappa shape index (κ3) is 8.90. The number of halogens is 1. The molecule has 0 amide bonds. The highest BCUT2D eigenvalue weighted by Gasteiger charge is 2.29. The molecule has 12 nitrogen and oxygen atoms in total. The minimum absolute atomic E-state index is 0.0695. The Morgan fingerprint density at radius 1 is 0.640 bits per heavy atom. The molecule has 50 heavy (non-hydrogen) atoms. The van der Waals surface area contributed by atoms with E-state index in [2.05, 4.69) is 48.2 Å². The van der Waals surface area contributed by atoms with Gasteiger partial charge in [0.05, 0.1) is 36.2 Å². The monoisotopic (exact) mass is 710 g/mol. The fraction of sp³-hybridized carbons (Fsp3) is 0.351. The van der Waals surface area contributed by atoms with Gasteiger partial charge in [-0.2, -0.15) is 14.0 Å². The third-order valence-electron chi connectivity index (χ3n) is 9.36. The topological polar surface area (TPSA) is 173 Å². The molecule has 0 fully saturated rings. The van der Waals surface area contributed by atoms with Gasteiger partial charge < -0.3 is 29.2 Å². The maximum absolute atomic E-state index is 10.9. The summed E-state index contributed by atoms with van der Waals surface area (Å²) in [5, 5.41) is 20.7. The number of fused-ring (bicyclic) bond motifs is 2. The Balaban J connectivity index is 0.000000908. The molecule has 3 N–H and O–H groups in total. The van der Waals surface area contributed by atoms with Gasteiger partial charge in [-0.15, -0.1) is 0 Å². The first kappa shape index (κ1) is 37.0. The summed E-state index contributed by atoms with van der Waals surface area (Å²) in [4.78, 5) is 4.71. The highest BCUT2D eigenvalue weighted by Crippen LogP contribution is 2.44. The lowest BCUT2D eigenvalue weighted by molar-refractivity contribution is -1.92. The van der Waals surface area contributed by atoms with Crippen LogP contribution in [0.15, 0.2) is 66.7 Å². The Kier molecular flexibility index (Phi) is 11.6. The fourth-order valence-electron chi connectivity index (χ4n) is 6.72. The first-order chi connectivity index (χ1) is 23.8. The van der Waals surface area contributed by atoms with Crippen LogP contribution >= 0.6 is 0 Å². The number of phenols is 2. The van der Waals surface area contributed by atoms with Crippen LogP contribution in [0.4, 0.5) is 0 Å². The summed E-state index contributed by atoms with van der Waals surface area (Å²) < 4.78 is 56.2. The fourth-order valence-corrected chi connectivity index (χ4v) is 6.72. The first-order valence-corrected chi connectivity index (χ1v) is 17.3. The molecule has 4 aromatic carbocycles. The van der Waals surface area contributed by atoms with E-state index >= 15 is 0 Å². The molecule has 0 spiro atoms. The third-order valence-corrected chi connectivity index (χ3v) is 9.36. The van der Waals surface area contributed by atoms with E-state index in [4.69, 9.17) is 37.6 Å². The summed E-state index contributed by atoms with van der Waals surface area (Å²) in [5.41, 5.74) is 7.07. The Morgan fingerprint density at radius 3 is 1.60 bits per heavy atom. The lowest BCUT2D eigenvalue weighted by atomic mass is 9.88. The average Bonchev–Trinajstić information content (AvgIpc) is 3.08. The Hall–Kier alpha value is -4.27. The van der Waals surface area contributed by atoms with E-state index in [0.717, 1.165) is 61.4 Å². The maximum Gasteiger partial charge on any atom is 0.169 e. The predicted octanol–water partition coefficient (Wildman–Crippen LogP) is 2.34. The number of benzene rings is 4. The summed E-state index contributed by atoms with van der Waals surface area (Å²) in [6, 6.07) is 21.6. The number of likely N-dealkylation sites (N-methyl/N-ethyl adjacent to an activating group) is 2. The zero-order valence-corrected chi connectivity index (χ0v) is 29.5. The van der Waals surface area contributed by atoms with Crippen LogP contribution in [-0.2, 0) is 25.7 Å². The molecule has 4 aromatic rings. The van der Waals surface area contributed by atoms with E-state index in [0.29, 0.717) is 17.2 Å². The quantitative estimate of drug-likeness (QED) is 0.232. The molecule has 13 heteroatoms. The number of nitrogens with zero attached hydrogens (tertiary/aromatic N) is 2. The Bertz CT molecular complexity index is 1770. The average molecular weight is 711 g/mol. The van der Waals surface area contributed by atoms with Crippen LogP contribution < -0.4 is 32.9 Å². The molecule has 0 saturated carbocycles. The Labute approximate surface area is 294 Å². The van der Waals surface area contributed by atoms with E-state index in [1.54, 1.807) is 39.5 Å². The number of rotatable bonds is 9. The smallest absolute Gasteiger partial charge is 0.169 e. The summed E-state index contributed by atoms with van der Waals surface area (Å²) >= 11 is 0. The lowest BCUT2D eigenvalue weighted by Gasteiger charge is -2.35. The van der Waals surface area contributed by atoms with Gasteiger partial charge in [-0.1, -0.05) is 18.2 Å². The molecule has 6 rings (SSSR count).